The van der Waals surface area contributed by atoms with Crippen LogP contribution in [0.15, 0.2) is 0 Å². The van der Waals surface area contributed by atoms with Crippen LogP contribution in [0.5, 0.6) is 0 Å². The van der Waals surface area contributed by atoms with Gasteiger partial charge in [0.05, 0.1) is 5.60 Å². The summed E-state index contributed by atoms with van der Waals surface area (Å²) in [6, 6.07) is 0.361. The van der Waals surface area contributed by atoms with Crippen LogP contribution < -0.4 is 5.73 Å². The van der Waals surface area contributed by atoms with E-state index in [0.717, 1.165) is 19.4 Å². The molecule has 0 aromatic heterocycles. The standard InChI is InChI=1S/C13H27NO/c1-3-4-5-6-7-9-13(2)11-12(14)8-10-15-13/h12H,3-11,14H2,1-2H3. The Labute approximate surface area is 94.6 Å². The highest BCUT2D eigenvalue weighted by atomic mass is 16.5. The first-order valence-electron chi connectivity index (χ1n) is 6.56. The van der Waals surface area contributed by atoms with Crippen molar-refractivity contribution < 1.29 is 4.74 Å². The maximum absolute atomic E-state index is 5.98. The lowest BCUT2D eigenvalue weighted by atomic mass is 9.88. The Balaban J connectivity index is 2.12. The van der Waals surface area contributed by atoms with Crippen molar-refractivity contribution >= 4 is 0 Å². The molecule has 2 atom stereocenters. The molecule has 0 amide bonds. The monoisotopic (exact) mass is 213 g/mol. The molecule has 2 nitrogen and oxygen atoms in total. The molecule has 0 spiro atoms. The van der Waals surface area contributed by atoms with Crippen LogP contribution in [0, 0.1) is 0 Å². The smallest absolute Gasteiger partial charge is 0.0669 e. The van der Waals surface area contributed by atoms with Gasteiger partial charge >= 0.3 is 0 Å². The van der Waals surface area contributed by atoms with Crippen molar-refractivity contribution in [3.63, 3.8) is 0 Å². The molecule has 0 aromatic rings. The molecule has 0 bridgehead atoms. The van der Waals surface area contributed by atoms with Gasteiger partial charge in [-0.25, -0.2) is 0 Å². The first-order valence-corrected chi connectivity index (χ1v) is 6.56. The topological polar surface area (TPSA) is 35.2 Å². The van der Waals surface area contributed by atoms with Gasteiger partial charge in [-0.1, -0.05) is 39.0 Å². The summed E-state index contributed by atoms with van der Waals surface area (Å²) in [6.07, 6.45) is 9.97. The van der Waals surface area contributed by atoms with Crippen LogP contribution in [0.4, 0.5) is 0 Å². The highest BCUT2D eigenvalue weighted by molar-refractivity contribution is 4.84. The molecule has 1 fully saturated rings. The summed E-state index contributed by atoms with van der Waals surface area (Å²) < 4.78 is 5.86. The molecule has 90 valence electrons. The molecule has 1 aliphatic rings. The number of ether oxygens (including phenoxy) is 1. The van der Waals surface area contributed by atoms with Gasteiger partial charge in [0, 0.05) is 12.6 Å². The Morgan fingerprint density at radius 1 is 1.27 bits per heavy atom. The fraction of sp³-hybridized carbons (Fsp3) is 1.00. The van der Waals surface area contributed by atoms with Crippen LogP contribution in [0.1, 0.15) is 65.2 Å². The maximum atomic E-state index is 5.98. The molecule has 2 heteroatoms. The minimum atomic E-state index is 0.0733. The van der Waals surface area contributed by atoms with Crippen LogP contribution >= 0.6 is 0 Å². The van der Waals surface area contributed by atoms with Crippen LogP contribution in [-0.2, 0) is 4.74 Å². The Kier molecular flexibility index (Phi) is 5.62. The Bertz CT molecular complexity index is 172. The van der Waals surface area contributed by atoms with Crippen molar-refractivity contribution in [1.82, 2.24) is 0 Å². The average molecular weight is 213 g/mol. The predicted octanol–water partition coefficient (Wildman–Crippen LogP) is 3.24. The van der Waals surface area contributed by atoms with Crippen molar-refractivity contribution in [2.24, 2.45) is 5.73 Å². The van der Waals surface area contributed by atoms with E-state index in [1.165, 1.54) is 38.5 Å². The van der Waals surface area contributed by atoms with Crippen molar-refractivity contribution in [2.75, 3.05) is 6.61 Å². The summed E-state index contributed by atoms with van der Waals surface area (Å²) in [5.41, 5.74) is 6.06. The van der Waals surface area contributed by atoms with E-state index in [1.54, 1.807) is 0 Å². The van der Waals surface area contributed by atoms with E-state index in [-0.39, 0.29) is 5.60 Å². The van der Waals surface area contributed by atoms with E-state index >= 15 is 0 Å². The normalized spacial score (nSPS) is 31.8. The van der Waals surface area contributed by atoms with E-state index in [9.17, 15) is 0 Å². The SMILES string of the molecule is CCCCCCCC1(C)CC(N)CCO1. The number of hydrogen-bond donors (Lipinski definition) is 1. The van der Waals surface area contributed by atoms with Crippen molar-refractivity contribution in [1.29, 1.82) is 0 Å². The van der Waals surface area contributed by atoms with Crippen LogP contribution in [0.3, 0.4) is 0 Å². The minimum Gasteiger partial charge on any atom is -0.375 e. The van der Waals surface area contributed by atoms with E-state index < -0.39 is 0 Å². The third-order valence-corrected chi connectivity index (χ3v) is 3.44. The largest absolute Gasteiger partial charge is 0.375 e. The lowest BCUT2D eigenvalue weighted by molar-refractivity contribution is -0.0775. The van der Waals surface area contributed by atoms with Gasteiger partial charge in [0.2, 0.25) is 0 Å². The zero-order chi connectivity index (χ0) is 11.1. The Morgan fingerprint density at radius 2 is 2.00 bits per heavy atom. The lowest BCUT2D eigenvalue weighted by Crippen LogP contribution is -2.42. The molecule has 2 N–H and O–H groups in total. The quantitative estimate of drug-likeness (QED) is 0.687. The summed E-state index contributed by atoms with van der Waals surface area (Å²) in [4.78, 5) is 0. The molecule has 1 saturated heterocycles. The molecule has 0 aliphatic carbocycles. The van der Waals surface area contributed by atoms with Gasteiger partial charge in [-0.3, -0.25) is 0 Å². The average Bonchev–Trinajstić information content (AvgIpc) is 2.17. The molecule has 0 radical (unpaired) electrons. The summed E-state index contributed by atoms with van der Waals surface area (Å²) in [5.74, 6) is 0. The first kappa shape index (κ1) is 13.0. The molecule has 1 rings (SSSR count). The molecule has 15 heavy (non-hydrogen) atoms. The third-order valence-electron chi connectivity index (χ3n) is 3.44. The summed E-state index contributed by atoms with van der Waals surface area (Å²) in [6.45, 7) is 5.34. The second-order valence-electron chi connectivity index (χ2n) is 5.22. The zero-order valence-corrected chi connectivity index (χ0v) is 10.4. The van der Waals surface area contributed by atoms with Gasteiger partial charge < -0.3 is 10.5 Å². The van der Waals surface area contributed by atoms with E-state index in [1.807, 2.05) is 0 Å². The van der Waals surface area contributed by atoms with Gasteiger partial charge in [-0.05, 0) is 26.2 Å². The minimum absolute atomic E-state index is 0.0733. The molecule has 1 heterocycles. The van der Waals surface area contributed by atoms with E-state index in [0.29, 0.717) is 6.04 Å². The zero-order valence-electron chi connectivity index (χ0n) is 10.4. The Hall–Kier alpha value is -0.0800. The highest BCUT2D eigenvalue weighted by Crippen LogP contribution is 2.29. The van der Waals surface area contributed by atoms with Crippen LogP contribution in [0.25, 0.3) is 0 Å². The number of hydrogen-bond acceptors (Lipinski definition) is 2. The highest BCUT2D eigenvalue weighted by Gasteiger charge is 2.30. The van der Waals surface area contributed by atoms with Crippen molar-refractivity contribution in [3.05, 3.63) is 0 Å². The number of unbranched alkanes of at least 4 members (excludes halogenated alkanes) is 4. The fourth-order valence-corrected chi connectivity index (χ4v) is 2.45. The van der Waals surface area contributed by atoms with Crippen LogP contribution in [0.2, 0.25) is 0 Å². The summed E-state index contributed by atoms with van der Waals surface area (Å²) >= 11 is 0. The Morgan fingerprint density at radius 3 is 2.67 bits per heavy atom. The molecule has 2 unspecified atom stereocenters. The first-order chi connectivity index (χ1) is 7.16. The van der Waals surface area contributed by atoms with E-state index in [4.69, 9.17) is 10.5 Å². The van der Waals surface area contributed by atoms with Gasteiger partial charge in [0.1, 0.15) is 0 Å². The fourth-order valence-electron chi connectivity index (χ4n) is 2.45. The van der Waals surface area contributed by atoms with Gasteiger partial charge in [-0.2, -0.15) is 0 Å². The van der Waals surface area contributed by atoms with E-state index in [2.05, 4.69) is 13.8 Å². The number of nitrogens with two attached hydrogens (primary N) is 1. The summed E-state index contributed by atoms with van der Waals surface area (Å²) in [7, 11) is 0. The molecule has 1 aliphatic heterocycles. The van der Waals surface area contributed by atoms with Gasteiger partial charge in [-0.15, -0.1) is 0 Å². The number of rotatable bonds is 6. The van der Waals surface area contributed by atoms with Crippen LogP contribution in [-0.4, -0.2) is 18.2 Å². The lowest BCUT2D eigenvalue weighted by Gasteiger charge is -2.37. The molecular formula is C13H27NO. The third kappa shape index (κ3) is 4.98. The summed E-state index contributed by atoms with van der Waals surface area (Å²) in [5, 5.41) is 0. The molecule has 0 saturated carbocycles. The van der Waals surface area contributed by atoms with Crippen molar-refractivity contribution in [2.45, 2.75) is 76.9 Å². The second kappa shape index (κ2) is 6.49. The molecular weight excluding hydrogens is 186 g/mol. The van der Waals surface area contributed by atoms with Gasteiger partial charge in [0.25, 0.3) is 0 Å². The van der Waals surface area contributed by atoms with Crippen molar-refractivity contribution in [3.8, 4) is 0 Å². The maximum Gasteiger partial charge on any atom is 0.0669 e. The predicted molar refractivity (Wildman–Crippen MR) is 64.9 cm³/mol. The van der Waals surface area contributed by atoms with Gasteiger partial charge in [0.15, 0.2) is 0 Å². The molecule has 0 aromatic carbocycles. The second-order valence-corrected chi connectivity index (χ2v) is 5.22.